The summed E-state index contributed by atoms with van der Waals surface area (Å²) >= 11 is 0.915. The first kappa shape index (κ1) is 22.0. The van der Waals surface area contributed by atoms with Crippen LogP contribution in [-0.4, -0.2) is 25.0 Å². The van der Waals surface area contributed by atoms with Gasteiger partial charge in [0.25, 0.3) is 11.1 Å². The second kappa shape index (κ2) is 10.9. The Bertz CT molecular complexity index is 820. The van der Waals surface area contributed by atoms with E-state index in [0.717, 1.165) is 47.9 Å². The summed E-state index contributed by atoms with van der Waals surface area (Å²) in [6.07, 6.45) is 8.93. The van der Waals surface area contributed by atoms with Crippen LogP contribution in [0.3, 0.4) is 0 Å². The van der Waals surface area contributed by atoms with Gasteiger partial charge < -0.3 is 9.47 Å². The Morgan fingerprint density at radius 3 is 2.61 bits per heavy atom. The monoisotopic (exact) mass is 401 g/mol. The second-order valence-corrected chi connectivity index (χ2v) is 7.86. The number of thioether (sulfide) groups is 1. The number of nitrogens with one attached hydrogen (secondary N) is 1. The second-order valence-electron chi connectivity index (χ2n) is 6.85. The van der Waals surface area contributed by atoms with Crippen LogP contribution in [-0.2, 0) is 16.0 Å². The first-order valence-corrected chi connectivity index (χ1v) is 9.99. The number of carbonyl (C=O) groups excluding carboxylic acids is 2. The lowest BCUT2D eigenvalue weighted by atomic mass is 10.0. The number of rotatable bonds is 9. The Balaban J connectivity index is 2.19. The van der Waals surface area contributed by atoms with Crippen molar-refractivity contribution in [2.24, 2.45) is 0 Å². The Labute approximate surface area is 170 Å². The van der Waals surface area contributed by atoms with E-state index in [9.17, 15) is 9.59 Å². The zero-order valence-corrected chi connectivity index (χ0v) is 17.7. The van der Waals surface area contributed by atoms with Crippen molar-refractivity contribution in [3.05, 3.63) is 57.5 Å². The maximum atomic E-state index is 11.8. The molecule has 1 fully saturated rings. The zero-order valence-electron chi connectivity index (χ0n) is 16.8. The molecule has 0 bridgehead atoms. The third-order valence-corrected chi connectivity index (χ3v) is 4.93. The van der Waals surface area contributed by atoms with Crippen LogP contribution < -0.4 is 10.1 Å². The Morgan fingerprint density at radius 2 is 1.96 bits per heavy atom. The van der Waals surface area contributed by atoms with Crippen LogP contribution in [0.4, 0.5) is 4.79 Å². The quantitative estimate of drug-likeness (QED) is 0.349. The van der Waals surface area contributed by atoms with E-state index in [4.69, 9.17) is 9.47 Å². The lowest BCUT2D eigenvalue weighted by molar-refractivity contribution is -0.115. The smallest absolute Gasteiger partial charge is 0.290 e. The van der Waals surface area contributed by atoms with Gasteiger partial charge in [0, 0.05) is 7.11 Å². The largest absolute Gasteiger partial charge is 0.467 e. The van der Waals surface area contributed by atoms with E-state index in [0.29, 0.717) is 4.91 Å². The molecule has 1 heterocycles. The molecule has 1 aromatic rings. The highest BCUT2D eigenvalue weighted by Crippen LogP contribution is 2.28. The molecule has 5 nitrogen and oxygen atoms in total. The van der Waals surface area contributed by atoms with Gasteiger partial charge in [0.05, 0.1) is 4.91 Å². The van der Waals surface area contributed by atoms with Crippen molar-refractivity contribution in [3.63, 3.8) is 0 Å². The van der Waals surface area contributed by atoms with Gasteiger partial charge in [-0.3, -0.25) is 14.9 Å². The maximum absolute atomic E-state index is 11.8. The number of ether oxygens (including phenoxy) is 2. The molecule has 0 aromatic heterocycles. The van der Waals surface area contributed by atoms with Crippen LogP contribution in [0.2, 0.25) is 0 Å². The van der Waals surface area contributed by atoms with Gasteiger partial charge >= 0.3 is 0 Å². The zero-order chi connectivity index (χ0) is 20.5. The van der Waals surface area contributed by atoms with E-state index in [1.165, 1.54) is 11.1 Å². The number of hydrogen-bond acceptors (Lipinski definition) is 5. The number of amides is 2. The highest BCUT2D eigenvalue weighted by molar-refractivity contribution is 8.18. The molecule has 0 radical (unpaired) electrons. The summed E-state index contributed by atoms with van der Waals surface area (Å²) < 4.78 is 10.7. The third-order valence-electron chi connectivity index (χ3n) is 4.12. The summed E-state index contributed by atoms with van der Waals surface area (Å²) in [6, 6.07) is 5.71. The average Bonchev–Trinajstić information content (AvgIpc) is 2.95. The molecule has 6 heteroatoms. The van der Waals surface area contributed by atoms with Crippen molar-refractivity contribution in [2.75, 3.05) is 13.9 Å². The highest BCUT2D eigenvalue weighted by atomic mass is 32.2. The van der Waals surface area contributed by atoms with Crippen molar-refractivity contribution in [3.8, 4) is 5.75 Å². The predicted molar refractivity (Wildman–Crippen MR) is 114 cm³/mol. The van der Waals surface area contributed by atoms with Crippen LogP contribution >= 0.6 is 11.8 Å². The molecular weight excluding hydrogens is 374 g/mol. The van der Waals surface area contributed by atoms with Gasteiger partial charge in [-0.1, -0.05) is 29.4 Å². The molecule has 2 amide bonds. The van der Waals surface area contributed by atoms with Gasteiger partial charge in [-0.25, -0.2) is 0 Å². The highest BCUT2D eigenvalue weighted by Gasteiger charge is 2.25. The molecule has 2 rings (SSSR count). The molecule has 150 valence electrons. The van der Waals surface area contributed by atoms with E-state index >= 15 is 0 Å². The lowest BCUT2D eigenvalue weighted by Crippen LogP contribution is -2.17. The standard InChI is InChI=1S/C22H27NO4S/c1-15(2)6-5-7-16(3)8-10-18-12-17(9-11-19(18)27-14-26-4)13-20-21(24)23-22(25)28-20/h6,8-9,11-13H,5,7,10,14H2,1-4H3,(H,23,24,25). The molecule has 0 atom stereocenters. The topological polar surface area (TPSA) is 64.6 Å². The minimum atomic E-state index is -0.355. The van der Waals surface area contributed by atoms with Crippen molar-refractivity contribution in [1.29, 1.82) is 0 Å². The van der Waals surface area contributed by atoms with Crippen molar-refractivity contribution < 1.29 is 19.1 Å². The van der Waals surface area contributed by atoms with Crippen LogP contribution in [0.25, 0.3) is 6.08 Å². The summed E-state index contributed by atoms with van der Waals surface area (Å²) in [5.41, 5.74) is 4.50. The van der Waals surface area contributed by atoms with Gasteiger partial charge in [0.1, 0.15) is 5.75 Å². The fourth-order valence-corrected chi connectivity index (χ4v) is 3.34. The van der Waals surface area contributed by atoms with Gasteiger partial charge in [-0.15, -0.1) is 0 Å². The van der Waals surface area contributed by atoms with Gasteiger partial charge in [-0.2, -0.15) is 0 Å². The molecule has 1 N–H and O–H groups in total. The van der Waals surface area contributed by atoms with Crippen molar-refractivity contribution in [1.82, 2.24) is 5.32 Å². The number of methoxy groups -OCH3 is 1. The van der Waals surface area contributed by atoms with Crippen LogP contribution in [0.5, 0.6) is 5.75 Å². The lowest BCUT2D eigenvalue weighted by Gasteiger charge is -2.11. The number of carbonyl (C=O) groups is 2. The molecule has 1 aliphatic rings. The molecule has 28 heavy (non-hydrogen) atoms. The van der Waals surface area contributed by atoms with Crippen molar-refractivity contribution >= 4 is 29.0 Å². The summed E-state index contributed by atoms with van der Waals surface area (Å²) in [7, 11) is 1.58. The van der Waals surface area contributed by atoms with Gasteiger partial charge in [-0.05, 0) is 81.1 Å². The van der Waals surface area contributed by atoms with Gasteiger partial charge in [0.15, 0.2) is 6.79 Å². The minimum absolute atomic E-state index is 0.170. The Kier molecular flexibility index (Phi) is 8.54. The fourth-order valence-electron chi connectivity index (χ4n) is 2.66. The Hall–Kier alpha value is -2.31. The minimum Gasteiger partial charge on any atom is -0.467 e. The van der Waals surface area contributed by atoms with Gasteiger partial charge in [0.2, 0.25) is 0 Å². The molecule has 0 spiro atoms. The molecule has 1 aromatic carbocycles. The molecule has 1 saturated heterocycles. The normalized spacial score (nSPS) is 15.7. The SMILES string of the molecule is COCOc1ccc(C=C2SC(=O)NC2=O)cc1CC=C(C)CCC=C(C)C. The third kappa shape index (κ3) is 7.02. The predicted octanol–water partition coefficient (Wildman–Crippen LogP) is 5.23. The number of imide groups is 1. The Morgan fingerprint density at radius 1 is 1.18 bits per heavy atom. The number of hydrogen-bond donors (Lipinski definition) is 1. The van der Waals surface area contributed by atoms with E-state index < -0.39 is 0 Å². The average molecular weight is 402 g/mol. The molecule has 0 aliphatic carbocycles. The molecule has 0 unspecified atom stereocenters. The van der Waals surface area contributed by atoms with Crippen LogP contribution in [0.15, 0.2) is 46.4 Å². The first-order chi connectivity index (χ1) is 13.4. The fraction of sp³-hybridized carbons (Fsp3) is 0.364. The molecule has 0 saturated carbocycles. The van der Waals surface area contributed by atoms with E-state index in [-0.39, 0.29) is 17.9 Å². The molecular formula is C22H27NO4S. The number of allylic oxidation sites excluding steroid dienone is 4. The summed E-state index contributed by atoms with van der Waals surface area (Å²) in [6.45, 7) is 6.51. The van der Waals surface area contributed by atoms with E-state index in [2.05, 4.69) is 38.2 Å². The summed E-state index contributed by atoms with van der Waals surface area (Å²) in [4.78, 5) is 23.5. The summed E-state index contributed by atoms with van der Waals surface area (Å²) in [5.74, 6) is 0.392. The van der Waals surface area contributed by atoms with E-state index in [1.807, 2.05) is 18.2 Å². The summed E-state index contributed by atoms with van der Waals surface area (Å²) in [5, 5.41) is 1.93. The molecule has 1 aliphatic heterocycles. The van der Waals surface area contributed by atoms with Crippen molar-refractivity contribution in [2.45, 2.75) is 40.0 Å². The van der Waals surface area contributed by atoms with Crippen LogP contribution in [0.1, 0.15) is 44.7 Å². The maximum Gasteiger partial charge on any atom is 0.290 e. The first-order valence-electron chi connectivity index (χ1n) is 9.17. The van der Waals surface area contributed by atoms with E-state index in [1.54, 1.807) is 13.2 Å². The van der Waals surface area contributed by atoms with Crippen LogP contribution in [0, 0.1) is 0 Å². The number of benzene rings is 1.